The van der Waals surface area contributed by atoms with Gasteiger partial charge in [0.1, 0.15) is 19.3 Å². The Balaban J connectivity index is 5.18. The molecule has 3 unspecified atom stereocenters. The van der Waals surface area contributed by atoms with E-state index in [0.717, 1.165) is 116 Å². The monoisotopic (exact) mass is 1120 g/mol. The number of unbranched alkanes of at least 4 members (excludes halogenated alkanes) is 28. The average molecular weight is 1120 g/mol. The molecule has 0 heterocycles. The molecule has 0 fully saturated rings. The van der Waals surface area contributed by atoms with Crippen LogP contribution in [0, 0.1) is 0 Å². The standard InChI is InChI=1S/C69H123N2O7P/c1-7-10-13-16-19-22-25-27-29-31-33-34-35-36-38-40-42-44-47-50-53-56-59-62-69(73)78-67(60-57-54-51-48-45-24-21-18-15-12-9-3)66(65-77-79(74,75)76-64-63-71(4,5)6)70-68(72)61-58-55-52-49-46-43-41-39-37-32-30-28-26-23-20-17-14-11-8-2/h10,13,19-20,22-23,27-30,33-34,36,38,57,60,66-67H,7-9,11-12,14-18,21,24-26,31-32,35,37,39-56,58-59,61-65H2,1-6H3,(H-,70,72,74,75)/b13-10-,22-19-,23-20-,29-27-,30-28-,34-33-,38-36-,60-57+. The molecule has 0 bridgehead atoms. The highest BCUT2D eigenvalue weighted by Gasteiger charge is 2.27. The van der Waals surface area contributed by atoms with E-state index in [2.05, 4.69) is 111 Å². The van der Waals surface area contributed by atoms with Gasteiger partial charge in [-0.3, -0.25) is 14.2 Å². The fourth-order valence-corrected chi connectivity index (χ4v) is 9.71. The van der Waals surface area contributed by atoms with Crippen LogP contribution in [0.3, 0.4) is 0 Å². The van der Waals surface area contributed by atoms with Crippen LogP contribution in [0.1, 0.15) is 278 Å². The van der Waals surface area contributed by atoms with Gasteiger partial charge in [-0.05, 0) is 109 Å². The minimum absolute atomic E-state index is 0.0291. The van der Waals surface area contributed by atoms with Crippen LogP contribution >= 0.6 is 7.82 Å². The number of nitrogens with zero attached hydrogens (tertiary/aromatic N) is 1. The summed E-state index contributed by atoms with van der Waals surface area (Å²) in [5, 5.41) is 3.03. The second kappa shape index (κ2) is 58.1. The number of hydrogen-bond donors (Lipinski definition) is 1. The summed E-state index contributed by atoms with van der Waals surface area (Å²) in [5.74, 6) is -0.560. The second-order valence-corrected chi connectivity index (χ2v) is 24.3. The molecule has 0 aromatic carbocycles. The molecule has 0 spiro atoms. The van der Waals surface area contributed by atoms with E-state index in [1.807, 2.05) is 33.3 Å². The lowest BCUT2D eigenvalue weighted by atomic mass is 10.0. The molecule has 1 N–H and O–H groups in total. The minimum Gasteiger partial charge on any atom is -0.756 e. The number of ether oxygens (including phenoxy) is 1. The molecule has 79 heavy (non-hydrogen) atoms. The molecule has 0 aromatic heterocycles. The predicted molar refractivity (Wildman–Crippen MR) is 339 cm³/mol. The van der Waals surface area contributed by atoms with Crippen LogP contribution in [0.5, 0.6) is 0 Å². The number of esters is 1. The molecule has 10 heteroatoms. The highest BCUT2D eigenvalue weighted by molar-refractivity contribution is 7.45. The molecular formula is C69H123N2O7P. The quantitative estimate of drug-likeness (QED) is 0.0212. The summed E-state index contributed by atoms with van der Waals surface area (Å²) in [6.07, 6.45) is 78.0. The van der Waals surface area contributed by atoms with Gasteiger partial charge in [0.15, 0.2) is 0 Å². The summed E-state index contributed by atoms with van der Waals surface area (Å²) in [7, 11) is 1.17. The lowest BCUT2D eigenvalue weighted by molar-refractivity contribution is -0.870. The summed E-state index contributed by atoms with van der Waals surface area (Å²) in [4.78, 5) is 40.0. The molecule has 9 nitrogen and oxygen atoms in total. The Kier molecular flexibility index (Phi) is 55.9. The molecule has 1 amide bonds. The van der Waals surface area contributed by atoms with Gasteiger partial charge in [-0.15, -0.1) is 0 Å². The lowest BCUT2D eigenvalue weighted by Gasteiger charge is -2.30. The summed E-state index contributed by atoms with van der Waals surface area (Å²) in [5.41, 5.74) is 0. The van der Waals surface area contributed by atoms with Crippen molar-refractivity contribution >= 4 is 19.7 Å². The highest BCUT2D eigenvalue weighted by Crippen LogP contribution is 2.38. The summed E-state index contributed by atoms with van der Waals surface area (Å²) in [6, 6.07) is -0.901. The van der Waals surface area contributed by atoms with Crippen molar-refractivity contribution in [3.63, 3.8) is 0 Å². The first-order valence-corrected chi connectivity index (χ1v) is 34.0. The summed E-state index contributed by atoms with van der Waals surface area (Å²) in [6.45, 7) is 6.69. The number of phosphoric acid groups is 1. The Hall–Kier alpha value is -3.07. The molecule has 3 atom stereocenters. The zero-order valence-electron chi connectivity index (χ0n) is 52.1. The van der Waals surface area contributed by atoms with Gasteiger partial charge in [-0.1, -0.05) is 253 Å². The largest absolute Gasteiger partial charge is 0.756 e. The fraction of sp³-hybridized carbons (Fsp3) is 0.739. The van der Waals surface area contributed by atoms with E-state index in [0.29, 0.717) is 23.9 Å². The Morgan fingerprint density at radius 2 is 0.810 bits per heavy atom. The van der Waals surface area contributed by atoms with Gasteiger partial charge in [-0.25, -0.2) is 0 Å². The minimum atomic E-state index is -4.71. The Bertz CT molecular complexity index is 1670. The Morgan fingerprint density at radius 1 is 0.456 bits per heavy atom. The number of likely N-dealkylation sites (N-methyl/N-ethyl adjacent to an activating group) is 1. The van der Waals surface area contributed by atoms with Crippen molar-refractivity contribution in [1.82, 2.24) is 5.32 Å². The third-order valence-electron chi connectivity index (χ3n) is 14.0. The van der Waals surface area contributed by atoms with Crippen molar-refractivity contribution in [2.45, 2.75) is 290 Å². The van der Waals surface area contributed by atoms with E-state index in [4.69, 9.17) is 13.8 Å². The molecule has 0 aliphatic carbocycles. The molecule has 0 radical (unpaired) electrons. The summed E-state index contributed by atoms with van der Waals surface area (Å²) >= 11 is 0. The Morgan fingerprint density at radius 3 is 1.24 bits per heavy atom. The molecule has 0 saturated heterocycles. The van der Waals surface area contributed by atoms with Crippen LogP contribution in [-0.2, 0) is 27.9 Å². The third-order valence-corrected chi connectivity index (χ3v) is 15.0. The number of nitrogens with one attached hydrogen (secondary N) is 1. The van der Waals surface area contributed by atoms with Gasteiger partial charge < -0.3 is 28.5 Å². The zero-order valence-corrected chi connectivity index (χ0v) is 52.9. The first-order chi connectivity index (χ1) is 38.4. The topological polar surface area (TPSA) is 114 Å². The van der Waals surface area contributed by atoms with E-state index in [1.165, 1.54) is 122 Å². The Labute approximate surface area is 488 Å². The maximum atomic E-state index is 13.5. The van der Waals surface area contributed by atoms with Crippen molar-refractivity contribution in [2.75, 3.05) is 40.9 Å². The second-order valence-electron chi connectivity index (χ2n) is 22.9. The normalized spacial score (nSPS) is 14.3. The average Bonchev–Trinajstić information content (AvgIpc) is 3.41. The first kappa shape index (κ1) is 75.9. The molecular weight excluding hydrogens is 1000 g/mol. The van der Waals surface area contributed by atoms with Gasteiger partial charge in [-0.2, -0.15) is 0 Å². The number of allylic oxidation sites excluding steroid dienone is 15. The van der Waals surface area contributed by atoms with Gasteiger partial charge in [0, 0.05) is 12.8 Å². The lowest BCUT2D eigenvalue weighted by Crippen LogP contribution is -2.47. The zero-order chi connectivity index (χ0) is 57.9. The van der Waals surface area contributed by atoms with Crippen molar-refractivity contribution in [2.24, 2.45) is 0 Å². The van der Waals surface area contributed by atoms with Crippen molar-refractivity contribution in [3.05, 3.63) is 97.2 Å². The molecule has 0 rings (SSSR count). The number of amides is 1. The maximum absolute atomic E-state index is 13.5. The van der Waals surface area contributed by atoms with E-state index in [9.17, 15) is 19.0 Å². The van der Waals surface area contributed by atoms with Crippen LogP contribution in [0.4, 0.5) is 0 Å². The number of carbonyl (C=O) groups is 2. The van der Waals surface area contributed by atoms with Crippen molar-refractivity contribution < 1.29 is 37.3 Å². The number of rotatable bonds is 58. The number of quaternary nitrogens is 1. The van der Waals surface area contributed by atoms with Gasteiger partial charge in [0.05, 0.1) is 33.8 Å². The molecule has 0 aromatic rings. The number of carbonyl (C=O) groups excluding carboxylic acids is 2. The van der Waals surface area contributed by atoms with Gasteiger partial charge >= 0.3 is 5.97 Å². The first-order valence-electron chi connectivity index (χ1n) is 32.5. The third kappa shape index (κ3) is 59.4. The highest BCUT2D eigenvalue weighted by atomic mass is 31.2. The van der Waals surface area contributed by atoms with Crippen molar-refractivity contribution in [3.8, 4) is 0 Å². The summed E-state index contributed by atoms with van der Waals surface area (Å²) < 4.78 is 30.3. The number of phosphoric ester groups is 1. The van der Waals surface area contributed by atoms with Crippen LogP contribution in [0.15, 0.2) is 97.2 Å². The van der Waals surface area contributed by atoms with E-state index < -0.39 is 26.6 Å². The van der Waals surface area contributed by atoms with Gasteiger partial charge in [0.2, 0.25) is 5.91 Å². The predicted octanol–water partition coefficient (Wildman–Crippen LogP) is 19.7. The smallest absolute Gasteiger partial charge is 0.306 e. The van der Waals surface area contributed by atoms with Gasteiger partial charge in [0.25, 0.3) is 7.82 Å². The number of hydrogen-bond acceptors (Lipinski definition) is 7. The SMILES string of the molecule is CC/C=C\C/C=C\C/C=C\C/C=C\C/C=C\CCCCCCCCCC(=O)OC(/C=C/CCCCCCCCCCC)C(COP(=O)([O-])OCC[N+](C)(C)C)NC(=O)CCCCCCCCCCC/C=C\C/C=C\CCCCC. The van der Waals surface area contributed by atoms with E-state index in [1.54, 1.807) is 0 Å². The molecule has 0 aliphatic heterocycles. The van der Waals surface area contributed by atoms with Crippen LogP contribution < -0.4 is 10.2 Å². The fourth-order valence-electron chi connectivity index (χ4n) is 8.99. The molecule has 0 saturated carbocycles. The molecule has 456 valence electrons. The van der Waals surface area contributed by atoms with Crippen molar-refractivity contribution in [1.29, 1.82) is 0 Å². The van der Waals surface area contributed by atoms with E-state index >= 15 is 0 Å². The van der Waals surface area contributed by atoms with Crippen LogP contribution in [0.2, 0.25) is 0 Å². The maximum Gasteiger partial charge on any atom is 0.306 e. The molecule has 0 aliphatic rings. The van der Waals surface area contributed by atoms with Crippen LogP contribution in [-0.4, -0.2) is 69.4 Å². The van der Waals surface area contributed by atoms with Crippen LogP contribution in [0.25, 0.3) is 0 Å². The van der Waals surface area contributed by atoms with E-state index in [-0.39, 0.29) is 24.9 Å².